The molecule has 0 spiro atoms. The zero-order chi connectivity index (χ0) is 17.8. The van der Waals surface area contributed by atoms with Crippen molar-refractivity contribution in [2.45, 2.75) is 13.3 Å². The van der Waals surface area contributed by atoms with Crippen LogP contribution in [0, 0.1) is 6.92 Å². The van der Waals surface area contributed by atoms with Crippen LogP contribution < -0.4 is 10.9 Å². The molecule has 6 heteroatoms. The number of anilines is 1. The highest BCUT2D eigenvalue weighted by Gasteiger charge is 2.10. The Hall–Kier alpha value is -2.92. The van der Waals surface area contributed by atoms with Gasteiger partial charge in [-0.3, -0.25) is 9.59 Å². The molecule has 25 heavy (non-hydrogen) atoms. The van der Waals surface area contributed by atoms with Gasteiger partial charge in [-0.25, -0.2) is 4.98 Å². The van der Waals surface area contributed by atoms with E-state index in [0.717, 1.165) is 11.1 Å². The van der Waals surface area contributed by atoms with Crippen LogP contribution in [0.4, 0.5) is 5.69 Å². The number of aromatic amines is 1. The van der Waals surface area contributed by atoms with E-state index in [9.17, 15) is 9.59 Å². The lowest BCUT2D eigenvalue weighted by Crippen LogP contribution is -2.22. The summed E-state index contributed by atoms with van der Waals surface area (Å²) < 4.78 is 0. The topological polar surface area (TPSA) is 74.8 Å². The lowest BCUT2D eigenvalue weighted by molar-refractivity contribution is -0.115. The summed E-state index contributed by atoms with van der Waals surface area (Å²) in [6.45, 7) is 1.97. The molecule has 2 N–H and O–H groups in total. The van der Waals surface area contributed by atoms with Crippen molar-refractivity contribution in [3.8, 4) is 11.4 Å². The maximum atomic E-state index is 12.2. The minimum absolute atomic E-state index is 0.0445. The molecule has 0 atom stereocenters. The van der Waals surface area contributed by atoms with Gasteiger partial charge in [-0.15, -0.1) is 0 Å². The predicted molar refractivity (Wildman–Crippen MR) is 98.8 cm³/mol. The monoisotopic (exact) mass is 353 g/mol. The average Bonchev–Trinajstić information content (AvgIpc) is 2.59. The molecule has 0 fully saturated rings. The molecule has 2 aromatic carbocycles. The SMILES string of the molecule is Cc1ccc(NC(=O)Cc2cnc(-c3ccc(Cl)cc3)[nH]c2=O)cc1. The number of aromatic nitrogens is 2. The molecule has 0 aliphatic heterocycles. The lowest BCUT2D eigenvalue weighted by atomic mass is 10.2. The summed E-state index contributed by atoms with van der Waals surface area (Å²) in [5.41, 5.74) is 2.52. The zero-order valence-electron chi connectivity index (χ0n) is 13.5. The molecule has 5 nitrogen and oxygen atoms in total. The second-order valence-corrected chi connectivity index (χ2v) is 6.12. The molecule has 0 saturated heterocycles. The first-order valence-electron chi connectivity index (χ1n) is 7.72. The number of hydrogen-bond donors (Lipinski definition) is 2. The highest BCUT2D eigenvalue weighted by molar-refractivity contribution is 6.30. The Labute approximate surface area is 149 Å². The summed E-state index contributed by atoms with van der Waals surface area (Å²) in [7, 11) is 0. The van der Waals surface area contributed by atoms with E-state index in [1.807, 2.05) is 31.2 Å². The summed E-state index contributed by atoms with van der Waals surface area (Å²) in [5, 5.41) is 3.37. The molecule has 0 aliphatic rings. The molecule has 126 valence electrons. The van der Waals surface area contributed by atoms with Crippen LogP contribution in [0.25, 0.3) is 11.4 Å². The second-order valence-electron chi connectivity index (χ2n) is 5.68. The van der Waals surface area contributed by atoms with Crippen molar-refractivity contribution >= 4 is 23.2 Å². The average molecular weight is 354 g/mol. The molecule has 0 bridgehead atoms. The van der Waals surface area contributed by atoms with E-state index in [-0.39, 0.29) is 17.9 Å². The first-order chi connectivity index (χ1) is 12.0. The fourth-order valence-corrected chi connectivity index (χ4v) is 2.44. The van der Waals surface area contributed by atoms with Crippen molar-refractivity contribution in [1.82, 2.24) is 9.97 Å². The van der Waals surface area contributed by atoms with Gasteiger partial charge in [0.1, 0.15) is 5.82 Å². The van der Waals surface area contributed by atoms with Gasteiger partial charge in [0.05, 0.1) is 6.42 Å². The van der Waals surface area contributed by atoms with Crippen LogP contribution in [0.3, 0.4) is 0 Å². The van der Waals surface area contributed by atoms with Crippen molar-refractivity contribution in [1.29, 1.82) is 0 Å². The van der Waals surface area contributed by atoms with E-state index in [1.165, 1.54) is 6.20 Å². The van der Waals surface area contributed by atoms with Gasteiger partial charge in [-0.2, -0.15) is 0 Å². The molecule has 0 saturated carbocycles. The van der Waals surface area contributed by atoms with Gasteiger partial charge in [0.2, 0.25) is 5.91 Å². The van der Waals surface area contributed by atoms with Crippen LogP contribution in [0.5, 0.6) is 0 Å². The van der Waals surface area contributed by atoms with Crippen molar-refractivity contribution in [3.05, 3.63) is 81.2 Å². The Bertz CT molecular complexity index is 948. The van der Waals surface area contributed by atoms with E-state index in [1.54, 1.807) is 24.3 Å². The molecule has 0 radical (unpaired) electrons. The molecule has 3 rings (SSSR count). The minimum Gasteiger partial charge on any atom is -0.326 e. The molecule has 1 aromatic heterocycles. The number of nitrogens with zero attached hydrogens (tertiary/aromatic N) is 1. The van der Waals surface area contributed by atoms with Gasteiger partial charge in [-0.1, -0.05) is 29.3 Å². The molecule has 1 amide bonds. The number of halogens is 1. The first-order valence-corrected chi connectivity index (χ1v) is 8.10. The predicted octanol–water partition coefficient (Wildman–Crippen LogP) is 3.58. The number of carbonyl (C=O) groups is 1. The summed E-state index contributed by atoms with van der Waals surface area (Å²) >= 11 is 5.85. The number of carbonyl (C=O) groups excluding carboxylic acids is 1. The fraction of sp³-hybridized carbons (Fsp3) is 0.105. The van der Waals surface area contributed by atoms with E-state index >= 15 is 0 Å². The smallest absolute Gasteiger partial charge is 0.254 e. The Morgan fingerprint density at radius 2 is 1.80 bits per heavy atom. The van der Waals surface area contributed by atoms with Crippen LogP contribution in [0.15, 0.2) is 59.5 Å². The number of aryl methyl sites for hydroxylation is 1. The molecule has 0 aliphatic carbocycles. The van der Waals surface area contributed by atoms with Gasteiger partial charge in [0.15, 0.2) is 0 Å². The highest BCUT2D eigenvalue weighted by atomic mass is 35.5. The normalized spacial score (nSPS) is 10.5. The van der Waals surface area contributed by atoms with Crippen molar-refractivity contribution < 1.29 is 4.79 Å². The third-order valence-electron chi connectivity index (χ3n) is 3.68. The summed E-state index contributed by atoms with van der Waals surface area (Å²) in [5.74, 6) is 0.166. The quantitative estimate of drug-likeness (QED) is 0.752. The van der Waals surface area contributed by atoms with Crippen LogP contribution >= 0.6 is 11.6 Å². The number of H-pyrrole nitrogens is 1. The third-order valence-corrected chi connectivity index (χ3v) is 3.93. The second kappa shape index (κ2) is 7.32. The maximum Gasteiger partial charge on any atom is 0.254 e. The van der Waals surface area contributed by atoms with E-state index in [2.05, 4.69) is 15.3 Å². The molecular formula is C19H16ClN3O2. The lowest BCUT2D eigenvalue weighted by Gasteiger charge is -2.06. The largest absolute Gasteiger partial charge is 0.326 e. The van der Waals surface area contributed by atoms with E-state index in [0.29, 0.717) is 22.1 Å². The van der Waals surface area contributed by atoms with Crippen LogP contribution in [-0.2, 0) is 11.2 Å². The Morgan fingerprint density at radius 1 is 1.12 bits per heavy atom. The maximum absolute atomic E-state index is 12.2. The van der Waals surface area contributed by atoms with Crippen molar-refractivity contribution in [2.75, 3.05) is 5.32 Å². The summed E-state index contributed by atoms with van der Waals surface area (Å²) in [4.78, 5) is 31.2. The molecule has 3 aromatic rings. The Balaban J connectivity index is 1.72. The van der Waals surface area contributed by atoms with Crippen molar-refractivity contribution in [2.24, 2.45) is 0 Å². The van der Waals surface area contributed by atoms with E-state index in [4.69, 9.17) is 11.6 Å². The summed E-state index contributed by atoms with van der Waals surface area (Å²) in [6.07, 6.45) is 1.38. The van der Waals surface area contributed by atoms with Gasteiger partial charge >= 0.3 is 0 Å². The van der Waals surface area contributed by atoms with E-state index < -0.39 is 0 Å². The third kappa shape index (κ3) is 4.33. The number of nitrogens with one attached hydrogen (secondary N) is 2. The van der Waals surface area contributed by atoms with Crippen LogP contribution in [0.2, 0.25) is 5.02 Å². The standard InChI is InChI=1S/C19H16ClN3O2/c1-12-2-8-16(9-3-12)22-17(24)10-14-11-21-18(23-19(14)25)13-4-6-15(20)7-5-13/h2-9,11H,10H2,1H3,(H,22,24)(H,21,23,25). The zero-order valence-corrected chi connectivity index (χ0v) is 14.3. The Morgan fingerprint density at radius 3 is 2.44 bits per heavy atom. The van der Waals surface area contributed by atoms with Gasteiger partial charge in [-0.05, 0) is 43.3 Å². The van der Waals surface area contributed by atoms with Gasteiger partial charge < -0.3 is 10.3 Å². The number of rotatable bonds is 4. The Kier molecular flexibility index (Phi) is 4.95. The molecular weight excluding hydrogens is 338 g/mol. The molecule has 0 unspecified atom stereocenters. The number of amides is 1. The van der Waals surface area contributed by atoms with Crippen LogP contribution in [-0.4, -0.2) is 15.9 Å². The minimum atomic E-state index is -0.334. The number of benzene rings is 2. The van der Waals surface area contributed by atoms with Crippen molar-refractivity contribution in [3.63, 3.8) is 0 Å². The van der Waals surface area contributed by atoms with Crippen LogP contribution in [0.1, 0.15) is 11.1 Å². The number of hydrogen-bond acceptors (Lipinski definition) is 3. The first kappa shape index (κ1) is 16.9. The van der Waals surface area contributed by atoms with Gasteiger partial charge in [0.25, 0.3) is 5.56 Å². The highest BCUT2D eigenvalue weighted by Crippen LogP contribution is 2.17. The molecule has 1 heterocycles. The summed E-state index contributed by atoms with van der Waals surface area (Å²) in [6, 6.07) is 14.4. The fourth-order valence-electron chi connectivity index (χ4n) is 2.32. The van der Waals surface area contributed by atoms with Gasteiger partial charge in [0, 0.05) is 28.0 Å².